The fraction of sp³-hybridized carbons (Fsp3) is 0.357. The molecule has 0 aliphatic carbocycles. The second kappa shape index (κ2) is 5.77. The van der Waals surface area contributed by atoms with Crippen molar-refractivity contribution in [2.45, 2.75) is 33.1 Å². The molecule has 0 aliphatic heterocycles. The van der Waals surface area contributed by atoms with E-state index in [4.69, 9.17) is 23.2 Å². The first-order valence-corrected chi connectivity index (χ1v) is 6.89. The molecule has 0 spiro atoms. The van der Waals surface area contributed by atoms with E-state index in [0.29, 0.717) is 10.0 Å². The van der Waals surface area contributed by atoms with Crippen molar-refractivity contribution < 1.29 is 0 Å². The van der Waals surface area contributed by atoms with Crippen LogP contribution in [0.15, 0.2) is 18.2 Å². The van der Waals surface area contributed by atoms with Gasteiger partial charge in [-0.1, -0.05) is 37.0 Å². The van der Waals surface area contributed by atoms with Crippen molar-refractivity contribution in [1.82, 2.24) is 10.2 Å². The summed E-state index contributed by atoms with van der Waals surface area (Å²) in [6.07, 6.45) is 2.71. The standard InChI is InChI=1S/C14H16Cl2N2/c1-3-13-12(14(4-2)18-17-13)7-9-5-10(15)8-11(16)6-9/h5-6,8H,3-4,7H2,1-2H3,(H,17,18). The molecule has 0 bridgehead atoms. The van der Waals surface area contributed by atoms with Gasteiger partial charge in [-0.05, 0) is 36.6 Å². The van der Waals surface area contributed by atoms with Gasteiger partial charge in [-0.25, -0.2) is 0 Å². The Hall–Kier alpha value is -0.990. The van der Waals surface area contributed by atoms with Crippen LogP contribution in [-0.4, -0.2) is 10.2 Å². The summed E-state index contributed by atoms with van der Waals surface area (Å²) in [5.74, 6) is 0. The van der Waals surface area contributed by atoms with E-state index in [-0.39, 0.29) is 0 Å². The van der Waals surface area contributed by atoms with Gasteiger partial charge in [0.15, 0.2) is 0 Å². The maximum Gasteiger partial charge on any atom is 0.0657 e. The summed E-state index contributed by atoms with van der Waals surface area (Å²) >= 11 is 12.1. The minimum atomic E-state index is 0.678. The van der Waals surface area contributed by atoms with E-state index >= 15 is 0 Å². The van der Waals surface area contributed by atoms with Gasteiger partial charge in [-0.2, -0.15) is 5.10 Å². The molecule has 0 saturated heterocycles. The number of benzene rings is 1. The van der Waals surface area contributed by atoms with E-state index in [2.05, 4.69) is 24.0 Å². The minimum Gasteiger partial charge on any atom is -0.282 e. The Kier molecular flexibility index (Phi) is 4.31. The largest absolute Gasteiger partial charge is 0.282 e. The normalized spacial score (nSPS) is 10.9. The maximum atomic E-state index is 6.03. The van der Waals surface area contributed by atoms with Crippen molar-refractivity contribution in [3.05, 3.63) is 50.8 Å². The average Bonchev–Trinajstić information content (AvgIpc) is 2.69. The van der Waals surface area contributed by atoms with Gasteiger partial charge in [0.25, 0.3) is 0 Å². The van der Waals surface area contributed by atoms with Gasteiger partial charge < -0.3 is 0 Å². The molecule has 0 radical (unpaired) electrons. The van der Waals surface area contributed by atoms with Crippen molar-refractivity contribution in [2.24, 2.45) is 0 Å². The Morgan fingerprint density at radius 3 is 2.28 bits per heavy atom. The number of nitrogens with one attached hydrogen (secondary N) is 1. The zero-order valence-electron chi connectivity index (χ0n) is 10.6. The number of nitrogens with zero attached hydrogens (tertiary/aromatic N) is 1. The van der Waals surface area contributed by atoms with Crippen molar-refractivity contribution in [1.29, 1.82) is 0 Å². The Labute approximate surface area is 117 Å². The summed E-state index contributed by atoms with van der Waals surface area (Å²) in [6.45, 7) is 4.24. The molecule has 18 heavy (non-hydrogen) atoms. The van der Waals surface area contributed by atoms with Gasteiger partial charge >= 0.3 is 0 Å². The van der Waals surface area contributed by atoms with Crippen LogP contribution in [0.25, 0.3) is 0 Å². The Balaban J connectivity index is 2.35. The van der Waals surface area contributed by atoms with Crippen LogP contribution in [0.3, 0.4) is 0 Å². The Morgan fingerprint density at radius 1 is 1.06 bits per heavy atom. The molecule has 1 aromatic carbocycles. The molecule has 96 valence electrons. The highest BCUT2D eigenvalue weighted by molar-refractivity contribution is 6.34. The topological polar surface area (TPSA) is 28.7 Å². The van der Waals surface area contributed by atoms with E-state index in [1.165, 1.54) is 11.3 Å². The number of aryl methyl sites for hydroxylation is 2. The Bertz CT molecular complexity index is 505. The molecule has 1 aromatic heterocycles. The molecule has 2 rings (SSSR count). The van der Waals surface area contributed by atoms with Crippen LogP contribution in [0.2, 0.25) is 10.0 Å². The van der Waals surface area contributed by atoms with Crippen LogP contribution in [0.1, 0.15) is 36.4 Å². The molecule has 2 nitrogen and oxygen atoms in total. The summed E-state index contributed by atoms with van der Waals surface area (Å²) in [5.41, 5.74) is 4.72. The number of aromatic amines is 1. The third kappa shape index (κ3) is 2.88. The van der Waals surface area contributed by atoms with Crippen molar-refractivity contribution >= 4 is 23.2 Å². The Morgan fingerprint density at radius 2 is 1.72 bits per heavy atom. The summed E-state index contributed by atoms with van der Waals surface area (Å²) in [4.78, 5) is 0. The molecular formula is C14H16Cl2N2. The highest BCUT2D eigenvalue weighted by atomic mass is 35.5. The van der Waals surface area contributed by atoms with Crippen LogP contribution in [0.4, 0.5) is 0 Å². The van der Waals surface area contributed by atoms with Crippen LogP contribution >= 0.6 is 23.2 Å². The van der Waals surface area contributed by atoms with Crippen molar-refractivity contribution in [3.63, 3.8) is 0 Å². The first-order chi connectivity index (χ1) is 8.63. The number of hydrogen-bond acceptors (Lipinski definition) is 1. The van der Waals surface area contributed by atoms with Crippen LogP contribution in [0, 0.1) is 0 Å². The lowest BCUT2D eigenvalue weighted by molar-refractivity contribution is 0.936. The first-order valence-electron chi connectivity index (χ1n) is 6.14. The fourth-order valence-corrected chi connectivity index (χ4v) is 2.73. The van der Waals surface area contributed by atoms with E-state index in [9.17, 15) is 0 Å². The highest BCUT2D eigenvalue weighted by Gasteiger charge is 2.11. The second-order valence-electron chi connectivity index (χ2n) is 4.29. The molecule has 1 N–H and O–H groups in total. The lowest BCUT2D eigenvalue weighted by Gasteiger charge is -2.05. The predicted octanol–water partition coefficient (Wildman–Crippen LogP) is 4.43. The molecule has 2 aromatic rings. The lowest BCUT2D eigenvalue weighted by atomic mass is 10.0. The van der Waals surface area contributed by atoms with E-state index in [1.54, 1.807) is 6.07 Å². The number of rotatable bonds is 4. The maximum absolute atomic E-state index is 6.03. The molecule has 0 saturated carbocycles. The predicted molar refractivity (Wildman–Crippen MR) is 76.6 cm³/mol. The summed E-state index contributed by atoms with van der Waals surface area (Å²) < 4.78 is 0. The van der Waals surface area contributed by atoms with Crippen molar-refractivity contribution in [2.75, 3.05) is 0 Å². The number of aromatic nitrogens is 2. The highest BCUT2D eigenvalue weighted by Crippen LogP contribution is 2.23. The van der Waals surface area contributed by atoms with E-state index < -0.39 is 0 Å². The molecule has 0 amide bonds. The molecule has 0 fully saturated rings. The van der Waals surface area contributed by atoms with Crippen LogP contribution in [0.5, 0.6) is 0 Å². The summed E-state index contributed by atoms with van der Waals surface area (Å²) in [5, 5.41) is 8.82. The summed E-state index contributed by atoms with van der Waals surface area (Å²) in [7, 11) is 0. The third-order valence-corrected chi connectivity index (χ3v) is 3.47. The quantitative estimate of drug-likeness (QED) is 0.883. The zero-order chi connectivity index (χ0) is 13.1. The lowest BCUT2D eigenvalue weighted by Crippen LogP contribution is -1.96. The number of hydrogen-bond donors (Lipinski definition) is 1. The molecule has 0 atom stereocenters. The fourth-order valence-electron chi connectivity index (χ4n) is 2.15. The van der Waals surface area contributed by atoms with Crippen molar-refractivity contribution in [3.8, 4) is 0 Å². The number of halogens is 2. The summed E-state index contributed by atoms with van der Waals surface area (Å²) in [6, 6.07) is 5.67. The van der Waals surface area contributed by atoms with Gasteiger partial charge in [0.2, 0.25) is 0 Å². The minimum absolute atomic E-state index is 0.678. The van der Waals surface area contributed by atoms with Gasteiger partial charge in [0, 0.05) is 27.7 Å². The first kappa shape index (κ1) is 13.4. The van der Waals surface area contributed by atoms with E-state index in [0.717, 1.165) is 30.5 Å². The van der Waals surface area contributed by atoms with Gasteiger partial charge in [-0.15, -0.1) is 0 Å². The monoisotopic (exact) mass is 282 g/mol. The molecular weight excluding hydrogens is 267 g/mol. The van der Waals surface area contributed by atoms with E-state index in [1.807, 2.05) is 12.1 Å². The van der Waals surface area contributed by atoms with Crippen LogP contribution in [-0.2, 0) is 19.3 Å². The average molecular weight is 283 g/mol. The van der Waals surface area contributed by atoms with Gasteiger partial charge in [-0.3, -0.25) is 5.10 Å². The van der Waals surface area contributed by atoms with Crippen LogP contribution < -0.4 is 0 Å². The molecule has 4 heteroatoms. The second-order valence-corrected chi connectivity index (χ2v) is 5.16. The molecule has 0 aliphatic rings. The third-order valence-electron chi connectivity index (χ3n) is 3.03. The SMILES string of the molecule is CCc1n[nH]c(CC)c1Cc1cc(Cl)cc(Cl)c1. The number of H-pyrrole nitrogens is 1. The van der Waals surface area contributed by atoms with Gasteiger partial charge in [0.1, 0.15) is 0 Å². The molecule has 0 unspecified atom stereocenters. The van der Waals surface area contributed by atoms with Gasteiger partial charge in [0.05, 0.1) is 5.69 Å². The molecule has 1 heterocycles. The smallest absolute Gasteiger partial charge is 0.0657 e. The zero-order valence-corrected chi connectivity index (χ0v) is 12.1.